The third kappa shape index (κ3) is 6.58. The van der Waals surface area contributed by atoms with Crippen LogP contribution in [0.25, 0.3) is 0 Å². The molecular formula is C19H20F2N2O4. The molecule has 8 heteroatoms. The van der Waals surface area contributed by atoms with E-state index < -0.39 is 6.61 Å². The quantitative estimate of drug-likeness (QED) is 0.559. The second kappa shape index (κ2) is 9.51. The number of rotatable bonds is 8. The molecule has 0 aromatic heterocycles. The van der Waals surface area contributed by atoms with Gasteiger partial charge < -0.3 is 19.6 Å². The summed E-state index contributed by atoms with van der Waals surface area (Å²) >= 11 is 0. The zero-order chi connectivity index (χ0) is 19.8. The highest BCUT2D eigenvalue weighted by atomic mass is 19.3. The van der Waals surface area contributed by atoms with Crippen LogP contribution in [0.15, 0.2) is 41.6 Å². The Kier molecular flexibility index (Phi) is 7.10. The SMILES string of the molecule is COc1cc(/C=N\OCC(=O)Nc2cc(C)cc(C)c2)ccc1OC(F)F. The molecule has 1 amide bonds. The molecule has 6 nitrogen and oxygen atoms in total. The van der Waals surface area contributed by atoms with E-state index in [2.05, 4.69) is 15.2 Å². The van der Waals surface area contributed by atoms with Crippen molar-refractivity contribution in [3.05, 3.63) is 53.1 Å². The minimum Gasteiger partial charge on any atom is -0.493 e. The number of oxime groups is 1. The van der Waals surface area contributed by atoms with Crippen LogP contribution in [0.2, 0.25) is 0 Å². The van der Waals surface area contributed by atoms with Crippen LogP contribution in [0.3, 0.4) is 0 Å². The van der Waals surface area contributed by atoms with Crippen molar-refractivity contribution < 1.29 is 27.9 Å². The topological polar surface area (TPSA) is 69.2 Å². The molecule has 0 saturated carbocycles. The smallest absolute Gasteiger partial charge is 0.387 e. The van der Waals surface area contributed by atoms with Crippen LogP contribution in [-0.4, -0.2) is 32.4 Å². The van der Waals surface area contributed by atoms with Gasteiger partial charge in [-0.3, -0.25) is 4.79 Å². The van der Waals surface area contributed by atoms with E-state index in [9.17, 15) is 13.6 Å². The Morgan fingerprint density at radius 3 is 2.48 bits per heavy atom. The maximum absolute atomic E-state index is 12.3. The number of carbonyl (C=O) groups excluding carboxylic acids is 1. The number of nitrogens with one attached hydrogen (secondary N) is 1. The average molecular weight is 378 g/mol. The van der Waals surface area contributed by atoms with Crippen LogP contribution in [0, 0.1) is 13.8 Å². The number of nitrogens with zero attached hydrogens (tertiary/aromatic N) is 1. The van der Waals surface area contributed by atoms with Crippen molar-refractivity contribution in [2.45, 2.75) is 20.5 Å². The molecule has 2 aromatic rings. The number of ether oxygens (including phenoxy) is 2. The third-order valence-corrected chi connectivity index (χ3v) is 3.38. The number of benzene rings is 2. The number of amides is 1. The summed E-state index contributed by atoms with van der Waals surface area (Å²) < 4.78 is 33.9. The van der Waals surface area contributed by atoms with Crippen LogP contribution < -0.4 is 14.8 Å². The average Bonchev–Trinajstić information content (AvgIpc) is 2.58. The standard InChI is InChI=1S/C19H20F2N2O4/c1-12-6-13(2)8-15(7-12)23-18(24)11-26-22-10-14-4-5-16(27-19(20)21)17(9-14)25-3/h4-10,19H,11H2,1-3H3,(H,23,24)/b22-10-. The van der Waals surface area contributed by atoms with Gasteiger partial charge in [0.2, 0.25) is 0 Å². The van der Waals surface area contributed by atoms with Gasteiger partial charge in [0.05, 0.1) is 13.3 Å². The Labute approximate surface area is 155 Å². The Morgan fingerprint density at radius 2 is 1.85 bits per heavy atom. The van der Waals surface area contributed by atoms with E-state index in [1.165, 1.54) is 31.5 Å². The molecule has 1 N–H and O–H groups in total. The lowest BCUT2D eigenvalue weighted by atomic mass is 10.1. The second-order valence-electron chi connectivity index (χ2n) is 5.72. The molecule has 0 aliphatic carbocycles. The lowest BCUT2D eigenvalue weighted by Gasteiger charge is -2.10. The first kappa shape index (κ1) is 20.2. The van der Waals surface area contributed by atoms with Crippen molar-refractivity contribution in [2.75, 3.05) is 19.0 Å². The van der Waals surface area contributed by atoms with Gasteiger partial charge in [-0.05, 0) is 55.3 Å². The van der Waals surface area contributed by atoms with Crippen molar-refractivity contribution in [1.29, 1.82) is 0 Å². The van der Waals surface area contributed by atoms with E-state index in [0.717, 1.165) is 11.1 Å². The zero-order valence-corrected chi connectivity index (χ0v) is 15.2. The fourth-order valence-corrected chi connectivity index (χ4v) is 2.40. The number of hydrogen-bond donors (Lipinski definition) is 1. The van der Waals surface area contributed by atoms with Crippen molar-refractivity contribution in [2.24, 2.45) is 5.16 Å². The van der Waals surface area contributed by atoms with Gasteiger partial charge in [0.15, 0.2) is 18.1 Å². The minimum atomic E-state index is -2.95. The van der Waals surface area contributed by atoms with Crippen LogP contribution in [0.5, 0.6) is 11.5 Å². The maximum atomic E-state index is 12.3. The van der Waals surface area contributed by atoms with E-state index in [1.54, 1.807) is 0 Å². The number of aryl methyl sites for hydroxylation is 2. The first-order valence-corrected chi connectivity index (χ1v) is 8.03. The molecule has 0 radical (unpaired) electrons. The summed E-state index contributed by atoms with van der Waals surface area (Å²) in [6.45, 7) is 0.662. The van der Waals surface area contributed by atoms with E-state index in [-0.39, 0.29) is 24.0 Å². The van der Waals surface area contributed by atoms with Gasteiger partial charge in [0.1, 0.15) is 0 Å². The lowest BCUT2D eigenvalue weighted by molar-refractivity contribution is -0.120. The van der Waals surface area contributed by atoms with Crippen LogP contribution in [-0.2, 0) is 9.63 Å². The molecule has 0 aliphatic rings. The molecule has 0 saturated heterocycles. The van der Waals surface area contributed by atoms with Gasteiger partial charge in [-0.25, -0.2) is 0 Å². The predicted molar refractivity (Wildman–Crippen MR) is 97.7 cm³/mol. The fourth-order valence-electron chi connectivity index (χ4n) is 2.40. The minimum absolute atomic E-state index is 0.0848. The number of carbonyl (C=O) groups is 1. The second-order valence-corrected chi connectivity index (χ2v) is 5.72. The molecule has 0 atom stereocenters. The summed E-state index contributed by atoms with van der Waals surface area (Å²) in [5.74, 6) is -0.305. The molecule has 0 heterocycles. The van der Waals surface area contributed by atoms with Crippen molar-refractivity contribution in [3.8, 4) is 11.5 Å². The van der Waals surface area contributed by atoms with Gasteiger partial charge in [-0.1, -0.05) is 11.2 Å². The van der Waals surface area contributed by atoms with Crippen LogP contribution in [0.1, 0.15) is 16.7 Å². The van der Waals surface area contributed by atoms with Gasteiger partial charge >= 0.3 is 6.61 Å². The van der Waals surface area contributed by atoms with Gasteiger partial charge in [0, 0.05) is 11.3 Å². The summed E-state index contributed by atoms with van der Waals surface area (Å²) in [5.41, 5.74) is 3.29. The first-order valence-electron chi connectivity index (χ1n) is 8.03. The number of anilines is 1. The summed E-state index contributed by atoms with van der Waals surface area (Å²) in [5, 5.41) is 6.41. The number of alkyl halides is 2. The fraction of sp³-hybridized carbons (Fsp3) is 0.263. The highest BCUT2D eigenvalue weighted by Crippen LogP contribution is 2.28. The van der Waals surface area contributed by atoms with Crippen molar-refractivity contribution in [3.63, 3.8) is 0 Å². The lowest BCUT2D eigenvalue weighted by Crippen LogP contribution is -2.17. The molecule has 0 bridgehead atoms. The van der Waals surface area contributed by atoms with E-state index >= 15 is 0 Å². The maximum Gasteiger partial charge on any atom is 0.387 e. The van der Waals surface area contributed by atoms with Crippen molar-refractivity contribution in [1.82, 2.24) is 0 Å². The van der Waals surface area contributed by atoms with E-state index in [1.807, 2.05) is 32.0 Å². The molecule has 2 aromatic carbocycles. The van der Waals surface area contributed by atoms with Crippen LogP contribution in [0.4, 0.5) is 14.5 Å². The Hall–Kier alpha value is -3.16. The van der Waals surface area contributed by atoms with Gasteiger partial charge in [-0.2, -0.15) is 8.78 Å². The van der Waals surface area contributed by atoms with E-state index in [0.29, 0.717) is 11.3 Å². The Morgan fingerprint density at radius 1 is 1.15 bits per heavy atom. The largest absolute Gasteiger partial charge is 0.493 e. The predicted octanol–water partition coefficient (Wildman–Crippen LogP) is 3.90. The third-order valence-electron chi connectivity index (χ3n) is 3.38. The number of halogens is 2. The number of methoxy groups -OCH3 is 1. The summed E-state index contributed by atoms with van der Waals surface area (Å²) in [7, 11) is 1.34. The summed E-state index contributed by atoms with van der Waals surface area (Å²) in [6, 6.07) is 10.00. The van der Waals surface area contributed by atoms with Crippen molar-refractivity contribution >= 4 is 17.8 Å². The summed E-state index contributed by atoms with van der Waals surface area (Å²) in [4.78, 5) is 16.8. The van der Waals surface area contributed by atoms with Gasteiger partial charge in [0.25, 0.3) is 5.91 Å². The molecule has 0 fully saturated rings. The molecule has 0 spiro atoms. The van der Waals surface area contributed by atoms with Crippen LogP contribution >= 0.6 is 0 Å². The molecule has 144 valence electrons. The molecule has 0 unspecified atom stereocenters. The molecule has 27 heavy (non-hydrogen) atoms. The summed E-state index contributed by atoms with van der Waals surface area (Å²) in [6.07, 6.45) is 1.33. The Bertz CT molecular complexity index is 805. The normalized spacial score (nSPS) is 10.9. The monoisotopic (exact) mass is 378 g/mol. The number of hydrogen-bond acceptors (Lipinski definition) is 5. The zero-order valence-electron chi connectivity index (χ0n) is 15.2. The first-order chi connectivity index (χ1) is 12.9. The van der Waals surface area contributed by atoms with E-state index in [4.69, 9.17) is 9.57 Å². The highest BCUT2D eigenvalue weighted by Gasteiger charge is 2.10. The molecule has 2 rings (SSSR count). The molecule has 0 aliphatic heterocycles. The molecular weight excluding hydrogens is 358 g/mol. The highest BCUT2D eigenvalue weighted by molar-refractivity contribution is 5.92. The van der Waals surface area contributed by atoms with Gasteiger partial charge in [-0.15, -0.1) is 0 Å². The Balaban J connectivity index is 1.88.